The number of benzene rings is 9. The van der Waals surface area contributed by atoms with E-state index in [-0.39, 0.29) is 0 Å². The summed E-state index contributed by atoms with van der Waals surface area (Å²) in [6, 6.07) is 71.5. The summed E-state index contributed by atoms with van der Waals surface area (Å²) in [5.74, 6) is 0. The van der Waals surface area contributed by atoms with Gasteiger partial charge in [0.1, 0.15) is 0 Å². The summed E-state index contributed by atoms with van der Waals surface area (Å²) in [4.78, 5) is 0. The average Bonchev–Trinajstić information content (AvgIpc) is 3.81. The third-order valence-corrected chi connectivity index (χ3v) is 12.4. The van der Waals surface area contributed by atoms with Crippen molar-refractivity contribution in [2.75, 3.05) is 0 Å². The highest BCUT2D eigenvalue weighted by Gasteiger charge is 2.21. The minimum Gasteiger partial charge on any atom is -0.310 e. The number of allylic oxidation sites excluding steroid dienone is 1. The molecule has 0 aliphatic heterocycles. The number of nitrogens with zero attached hydrogens (tertiary/aromatic N) is 2. The summed E-state index contributed by atoms with van der Waals surface area (Å²) in [6.07, 6.45) is 6.75. The molecule has 0 saturated heterocycles. The first-order valence-electron chi connectivity index (χ1n) is 20.3. The molecule has 272 valence electrons. The van der Waals surface area contributed by atoms with Gasteiger partial charge in [0, 0.05) is 33.2 Å². The molecular formula is C56H38N2. The van der Waals surface area contributed by atoms with Crippen LogP contribution in [-0.2, 0) is 6.42 Å². The van der Waals surface area contributed by atoms with Gasteiger partial charge in [-0.25, -0.2) is 0 Å². The van der Waals surface area contributed by atoms with Crippen LogP contribution in [0.2, 0.25) is 0 Å². The number of fused-ring (bicyclic) bond motifs is 8. The summed E-state index contributed by atoms with van der Waals surface area (Å²) >= 11 is 0. The van der Waals surface area contributed by atoms with Gasteiger partial charge in [-0.05, 0) is 134 Å². The van der Waals surface area contributed by atoms with Crippen LogP contribution in [0.1, 0.15) is 17.7 Å². The Morgan fingerprint density at radius 3 is 1.43 bits per heavy atom. The largest absolute Gasteiger partial charge is 0.310 e. The third kappa shape index (κ3) is 4.98. The lowest BCUT2D eigenvalue weighted by Gasteiger charge is -2.18. The number of aromatic nitrogens is 2. The number of rotatable bonds is 5. The molecular weight excluding hydrogens is 701 g/mol. The van der Waals surface area contributed by atoms with Gasteiger partial charge in [-0.15, -0.1) is 0 Å². The first kappa shape index (κ1) is 32.8. The average molecular weight is 739 g/mol. The number of aryl methyl sites for hydroxylation is 1. The third-order valence-electron chi connectivity index (χ3n) is 12.4. The molecule has 0 amide bonds. The standard InChI is InChI=1S/C56H38N2/c1-3-15-37(16-4-1)55-45-21-7-9-23-47(45)56(48-24-10-8-22-46(48)55)38-27-31-42(32-28-38)58-52-26-14-12-20-44(52)50-36-40(30-34-54(50)58)39-29-33-53-49(35-39)43-19-11-13-25-51(43)57(53)41-17-5-2-6-18-41/h1-10,12-18,20-36H,11,19H2. The van der Waals surface area contributed by atoms with E-state index < -0.39 is 0 Å². The minimum absolute atomic E-state index is 1.06. The predicted molar refractivity (Wildman–Crippen MR) is 246 cm³/mol. The Balaban J connectivity index is 0.987. The van der Waals surface area contributed by atoms with Crippen LogP contribution in [0.25, 0.3) is 105 Å². The highest BCUT2D eigenvalue weighted by atomic mass is 15.0. The molecule has 2 aromatic heterocycles. The van der Waals surface area contributed by atoms with Crippen LogP contribution in [-0.4, -0.2) is 9.13 Å². The molecule has 0 saturated carbocycles. The molecule has 0 bridgehead atoms. The van der Waals surface area contributed by atoms with Gasteiger partial charge < -0.3 is 9.13 Å². The quantitative estimate of drug-likeness (QED) is 0.156. The molecule has 2 heteroatoms. The van der Waals surface area contributed by atoms with Crippen LogP contribution < -0.4 is 0 Å². The second-order valence-electron chi connectivity index (χ2n) is 15.5. The second-order valence-corrected chi connectivity index (χ2v) is 15.5. The van der Waals surface area contributed by atoms with Crippen molar-refractivity contribution in [2.24, 2.45) is 0 Å². The molecule has 0 radical (unpaired) electrons. The molecule has 0 N–H and O–H groups in total. The molecule has 0 spiro atoms. The molecule has 0 fully saturated rings. The molecule has 0 atom stereocenters. The zero-order valence-corrected chi connectivity index (χ0v) is 31.9. The fourth-order valence-electron chi connectivity index (χ4n) is 9.83. The summed E-state index contributed by atoms with van der Waals surface area (Å²) in [6.45, 7) is 0. The molecule has 1 aliphatic carbocycles. The van der Waals surface area contributed by atoms with E-state index in [1.54, 1.807) is 0 Å². The Hall–Kier alpha value is -7.42. The first-order valence-corrected chi connectivity index (χ1v) is 20.3. The van der Waals surface area contributed by atoms with E-state index in [2.05, 4.69) is 215 Å². The van der Waals surface area contributed by atoms with Gasteiger partial charge in [0.25, 0.3) is 0 Å². The minimum atomic E-state index is 1.06. The van der Waals surface area contributed by atoms with E-state index in [0.717, 1.165) is 18.5 Å². The van der Waals surface area contributed by atoms with E-state index in [9.17, 15) is 0 Å². The van der Waals surface area contributed by atoms with Crippen molar-refractivity contribution in [3.63, 3.8) is 0 Å². The fraction of sp³-hybridized carbons (Fsp3) is 0.0357. The van der Waals surface area contributed by atoms with Crippen LogP contribution in [0.15, 0.2) is 200 Å². The lowest BCUT2D eigenvalue weighted by Crippen LogP contribution is -1.99. The maximum absolute atomic E-state index is 2.43. The van der Waals surface area contributed by atoms with E-state index in [1.165, 1.54) is 105 Å². The van der Waals surface area contributed by atoms with E-state index >= 15 is 0 Å². The molecule has 2 nitrogen and oxygen atoms in total. The fourth-order valence-corrected chi connectivity index (χ4v) is 9.83. The first-order chi connectivity index (χ1) is 28.8. The normalized spacial score (nSPS) is 12.6. The number of hydrogen-bond donors (Lipinski definition) is 0. The Bertz CT molecular complexity index is 3360. The summed E-state index contributed by atoms with van der Waals surface area (Å²) in [5.41, 5.74) is 16.3. The van der Waals surface area contributed by atoms with Crippen molar-refractivity contribution in [1.82, 2.24) is 9.13 Å². The zero-order valence-electron chi connectivity index (χ0n) is 31.9. The van der Waals surface area contributed by atoms with E-state index in [1.807, 2.05) is 0 Å². The number of hydrogen-bond acceptors (Lipinski definition) is 0. The lowest BCUT2D eigenvalue weighted by atomic mass is 9.86. The second kappa shape index (κ2) is 13.1. The Kier molecular flexibility index (Phi) is 7.39. The van der Waals surface area contributed by atoms with Crippen LogP contribution in [0, 0.1) is 0 Å². The highest BCUT2D eigenvalue weighted by Crippen LogP contribution is 2.44. The maximum Gasteiger partial charge on any atom is 0.0541 e. The van der Waals surface area contributed by atoms with Crippen LogP contribution in [0.4, 0.5) is 0 Å². The smallest absolute Gasteiger partial charge is 0.0541 e. The highest BCUT2D eigenvalue weighted by molar-refractivity contribution is 6.21. The van der Waals surface area contributed by atoms with E-state index in [0.29, 0.717) is 0 Å². The van der Waals surface area contributed by atoms with Gasteiger partial charge in [-0.1, -0.05) is 146 Å². The molecule has 0 unspecified atom stereocenters. The molecule has 1 aliphatic rings. The summed E-state index contributed by atoms with van der Waals surface area (Å²) in [5, 5.41) is 8.95. The molecule has 2 heterocycles. The summed E-state index contributed by atoms with van der Waals surface area (Å²) < 4.78 is 4.86. The molecule has 58 heavy (non-hydrogen) atoms. The number of para-hydroxylation sites is 2. The van der Waals surface area contributed by atoms with Crippen LogP contribution in [0.5, 0.6) is 0 Å². The van der Waals surface area contributed by atoms with Gasteiger partial charge >= 0.3 is 0 Å². The molecule has 12 rings (SSSR count). The van der Waals surface area contributed by atoms with Gasteiger partial charge in [0.2, 0.25) is 0 Å². The van der Waals surface area contributed by atoms with Crippen LogP contribution >= 0.6 is 0 Å². The molecule has 11 aromatic rings. The van der Waals surface area contributed by atoms with Gasteiger partial charge in [-0.3, -0.25) is 0 Å². The van der Waals surface area contributed by atoms with Gasteiger partial charge in [-0.2, -0.15) is 0 Å². The van der Waals surface area contributed by atoms with Crippen molar-refractivity contribution in [3.05, 3.63) is 211 Å². The lowest BCUT2D eigenvalue weighted by molar-refractivity contribution is 0.967. The van der Waals surface area contributed by atoms with Gasteiger partial charge in [0.05, 0.1) is 16.6 Å². The van der Waals surface area contributed by atoms with Crippen molar-refractivity contribution < 1.29 is 0 Å². The Labute approximate surface area is 337 Å². The van der Waals surface area contributed by atoms with Crippen molar-refractivity contribution in [3.8, 4) is 44.8 Å². The SMILES string of the molecule is C1=Cc2c(c3cc(-c4ccc5c(c4)c4ccccc4n5-c4ccc(-c5c6ccccc6c(-c6ccccc6)c6ccccc56)cc4)ccc3n2-c2ccccc2)CC1. The van der Waals surface area contributed by atoms with Gasteiger partial charge in [0.15, 0.2) is 0 Å². The van der Waals surface area contributed by atoms with Crippen molar-refractivity contribution >= 4 is 60.3 Å². The zero-order chi connectivity index (χ0) is 38.2. The van der Waals surface area contributed by atoms with E-state index in [4.69, 9.17) is 0 Å². The maximum atomic E-state index is 2.43. The summed E-state index contributed by atoms with van der Waals surface area (Å²) in [7, 11) is 0. The van der Waals surface area contributed by atoms with Crippen LogP contribution in [0.3, 0.4) is 0 Å². The Morgan fingerprint density at radius 2 is 0.793 bits per heavy atom. The van der Waals surface area contributed by atoms with Crippen molar-refractivity contribution in [2.45, 2.75) is 12.8 Å². The monoisotopic (exact) mass is 738 g/mol. The predicted octanol–water partition coefficient (Wildman–Crippen LogP) is 15.0. The van der Waals surface area contributed by atoms with Crippen molar-refractivity contribution in [1.29, 1.82) is 0 Å². The topological polar surface area (TPSA) is 9.86 Å². The molecule has 9 aromatic carbocycles. The Morgan fingerprint density at radius 1 is 0.328 bits per heavy atom.